The van der Waals surface area contributed by atoms with Crippen LogP contribution in [-0.2, 0) is 16.1 Å². The van der Waals surface area contributed by atoms with E-state index >= 15 is 4.39 Å². The zero-order valence-electron chi connectivity index (χ0n) is 21.7. The zero-order valence-corrected chi connectivity index (χ0v) is 22.5. The van der Waals surface area contributed by atoms with Gasteiger partial charge in [0.25, 0.3) is 0 Å². The van der Waals surface area contributed by atoms with E-state index in [1.54, 1.807) is 16.8 Å². The minimum absolute atomic E-state index is 0.0371. The Balaban J connectivity index is 1.54. The number of furan rings is 1. The van der Waals surface area contributed by atoms with Gasteiger partial charge in [0.15, 0.2) is 0 Å². The van der Waals surface area contributed by atoms with E-state index in [0.717, 1.165) is 11.6 Å². The van der Waals surface area contributed by atoms with Crippen molar-refractivity contribution in [2.45, 2.75) is 11.8 Å². The topological polar surface area (TPSA) is 80.4 Å². The van der Waals surface area contributed by atoms with Gasteiger partial charge in [0.2, 0.25) is 11.8 Å². The van der Waals surface area contributed by atoms with Crippen LogP contribution in [0.1, 0.15) is 22.1 Å². The maximum atomic E-state index is 15.3. The highest BCUT2D eigenvalue weighted by Crippen LogP contribution is 2.49. The molecule has 3 heterocycles. The van der Waals surface area contributed by atoms with Crippen molar-refractivity contribution in [3.63, 3.8) is 0 Å². The highest BCUT2D eigenvalue weighted by molar-refractivity contribution is 8.00. The van der Waals surface area contributed by atoms with Gasteiger partial charge in [-0.05, 0) is 30.3 Å². The first-order valence-electron chi connectivity index (χ1n) is 12.9. The maximum Gasteiger partial charge on any atom is 0.240 e. The van der Waals surface area contributed by atoms with Gasteiger partial charge in [-0.1, -0.05) is 54.6 Å². The Hall–Kier alpha value is -4.70. The molecule has 41 heavy (non-hydrogen) atoms. The average molecular weight is 571 g/mol. The fourth-order valence-electron chi connectivity index (χ4n) is 4.84. The molecule has 1 aliphatic rings. The van der Waals surface area contributed by atoms with Crippen molar-refractivity contribution in [2.75, 3.05) is 17.2 Å². The van der Waals surface area contributed by atoms with E-state index in [-0.39, 0.29) is 30.3 Å². The summed E-state index contributed by atoms with van der Waals surface area (Å²) in [7, 11) is 0. The van der Waals surface area contributed by atoms with Crippen LogP contribution < -0.4 is 10.2 Å². The fourth-order valence-corrected chi connectivity index (χ4v) is 6.06. The van der Waals surface area contributed by atoms with Gasteiger partial charge >= 0.3 is 0 Å². The van der Waals surface area contributed by atoms with Gasteiger partial charge in [-0.2, -0.15) is 5.10 Å². The van der Waals surface area contributed by atoms with Crippen LogP contribution in [0.4, 0.5) is 14.6 Å². The van der Waals surface area contributed by atoms with Crippen molar-refractivity contribution in [1.29, 1.82) is 0 Å². The van der Waals surface area contributed by atoms with Crippen molar-refractivity contribution in [3.8, 4) is 16.9 Å². The Bertz CT molecular complexity index is 1690. The lowest BCUT2D eigenvalue weighted by atomic mass is 9.99. The number of nitrogens with one attached hydrogen (secondary N) is 1. The van der Waals surface area contributed by atoms with Crippen LogP contribution in [0.2, 0.25) is 0 Å². The molecule has 0 fully saturated rings. The first kappa shape index (κ1) is 26.5. The van der Waals surface area contributed by atoms with Gasteiger partial charge in [0.1, 0.15) is 29.8 Å². The second kappa shape index (κ2) is 11.4. The number of hydrogen-bond donors (Lipinski definition) is 1. The summed E-state index contributed by atoms with van der Waals surface area (Å²) in [6, 6.07) is 25.5. The molecule has 1 unspecified atom stereocenters. The van der Waals surface area contributed by atoms with Crippen LogP contribution in [-0.4, -0.2) is 33.9 Å². The molecular weight excluding hydrogens is 546 g/mol. The third-order valence-electron chi connectivity index (χ3n) is 6.72. The molecule has 0 saturated heterocycles. The molecule has 0 saturated carbocycles. The Labute approximate surface area is 238 Å². The Morgan fingerprint density at radius 2 is 1.76 bits per heavy atom. The normalized spacial score (nSPS) is 14.9. The van der Waals surface area contributed by atoms with Crippen molar-refractivity contribution in [2.24, 2.45) is 0 Å². The van der Waals surface area contributed by atoms with E-state index < -0.39 is 22.8 Å². The number of nitrogens with zero attached hydrogens (tertiary/aromatic N) is 3. The second-order valence-corrected chi connectivity index (χ2v) is 10.5. The minimum atomic E-state index is -0.725. The lowest BCUT2D eigenvalue weighted by molar-refractivity contribution is -0.123. The monoisotopic (exact) mass is 570 g/mol. The summed E-state index contributed by atoms with van der Waals surface area (Å²) in [6.45, 7) is -0.134. The molecule has 0 radical (unpaired) electrons. The third kappa shape index (κ3) is 5.38. The fraction of sp³-hybridized carbons (Fsp3) is 0.129. The van der Waals surface area contributed by atoms with E-state index in [9.17, 15) is 14.0 Å². The highest BCUT2D eigenvalue weighted by Gasteiger charge is 2.38. The largest absolute Gasteiger partial charge is 0.467 e. The average Bonchev–Trinajstić information content (AvgIpc) is 3.62. The Morgan fingerprint density at radius 1 is 1.00 bits per heavy atom. The molecule has 5 aromatic rings. The number of amides is 2. The molecule has 6 rings (SSSR count). The standard InChI is InChI=1S/C31H24F2N4O3S/c32-21-13-14-24(25(33)16-21)30-28-29(20-8-3-1-4-9-20)35-37(22-10-5-2-6-11-22)31(28)36(27(39)19-41-30)18-26(38)34-17-23-12-7-15-40-23/h1-16,30H,17-19H2,(H,34,38). The summed E-state index contributed by atoms with van der Waals surface area (Å²) in [6.07, 6.45) is 1.52. The quantitative estimate of drug-likeness (QED) is 0.264. The Kier molecular flexibility index (Phi) is 7.39. The summed E-state index contributed by atoms with van der Waals surface area (Å²) < 4.78 is 36.2. The van der Waals surface area contributed by atoms with E-state index in [1.165, 1.54) is 35.1 Å². The lowest BCUT2D eigenvalue weighted by Gasteiger charge is -2.23. The molecule has 2 amide bonds. The van der Waals surface area contributed by atoms with Gasteiger partial charge < -0.3 is 9.73 Å². The zero-order chi connectivity index (χ0) is 28.3. The number of benzene rings is 3. The van der Waals surface area contributed by atoms with Crippen molar-refractivity contribution >= 4 is 29.4 Å². The predicted octanol–water partition coefficient (Wildman–Crippen LogP) is 5.90. The highest BCUT2D eigenvalue weighted by atomic mass is 32.2. The summed E-state index contributed by atoms with van der Waals surface area (Å²) in [5.41, 5.74) is 2.72. The second-order valence-electron chi connectivity index (χ2n) is 9.39. The van der Waals surface area contributed by atoms with Gasteiger partial charge in [0.05, 0.1) is 35.2 Å². The van der Waals surface area contributed by atoms with Crippen LogP contribution >= 0.6 is 11.8 Å². The number of anilines is 1. The molecule has 1 atom stereocenters. The van der Waals surface area contributed by atoms with Crippen LogP contribution in [0.3, 0.4) is 0 Å². The summed E-state index contributed by atoms with van der Waals surface area (Å²) >= 11 is 1.21. The van der Waals surface area contributed by atoms with Gasteiger partial charge in [0, 0.05) is 22.8 Å². The van der Waals surface area contributed by atoms with E-state index in [0.29, 0.717) is 28.5 Å². The smallest absolute Gasteiger partial charge is 0.240 e. The van der Waals surface area contributed by atoms with E-state index in [2.05, 4.69) is 5.32 Å². The van der Waals surface area contributed by atoms with Crippen LogP contribution in [0.15, 0.2) is 102 Å². The molecule has 10 heteroatoms. The molecule has 7 nitrogen and oxygen atoms in total. The molecule has 1 N–H and O–H groups in total. The summed E-state index contributed by atoms with van der Waals surface area (Å²) in [5, 5.41) is 7.03. The number of hydrogen-bond acceptors (Lipinski definition) is 5. The number of carbonyl (C=O) groups excluding carboxylic acids is 2. The van der Waals surface area contributed by atoms with Crippen molar-refractivity contribution in [1.82, 2.24) is 15.1 Å². The number of aromatic nitrogens is 2. The third-order valence-corrected chi connectivity index (χ3v) is 7.96. The number of halogens is 2. The van der Waals surface area contributed by atoms with Crippen LogP contribution in [0.25, 0.3) is 16.9 Å². The van der Waals surface area contributed by atoms with Crippen LogP contribution in [0.5, 0.6) is 0 Å². The number of thioether (sulfide) groups is 1. The predicted molar refractivity (Wildman–Crippen MR) is 153 cm³/mol. The summed E-state index contributed by atoms with van der Waals surface area (Å²) in [5.74, 6) is -1.28. The number of para-hydroxylation sites is 1. The lowest BCUT2D eigenvalue weighted by Crippen LogP contribution is -2.42. The van der Waals surface area contributed by atoms with Gasteiger partial charge in [-0.3, -0.25) is 14.5 Å². The van der Waals surface area contributed by atoms with Crippen molar-refractivity contribution in [3.05, 3.63) is 126 Å². The SMILES string of the molecule is O=C(CN1C(=O)CSC(c2ccc(F)cc2F)c2c(-c3ccccc3)nn(-c3ccccc3)c21)NCc1ccco1. The van der Waals surface area contributed by atoms with Gasteiger partial charge in [-0.25, -0.2) is 13.5 Å². The minimum Gasteiger partial charge on any atom is -0.467 e. The van der Waals surface area contributed by atoms with E-state index in [4.69, 9.17) is 9.52 Å². The van der Waals surface area contributed by atoms with Gasteiger partial charge in [-0.15, -0.1) is 11.8 Å². The molecule has 206 valence electrons. The molecule has 0 aliphatic carbocycles. The number of fused-ring (bicyclic) bond motifs is 1. The molecule has 0 bridgehead atoms. The molecule has 0 spiro atoms. The van der Waals surface area contributed by atoms with Crippen molar-refractivity contribution < 1.29 is 22.8 Å². The molecular formula is C31H24F2N4O3S. The first-order chi connectivity index (χ1) is 20.0. The van der Waals surface area contributed by atoms with Crippen LogP contribution in [0, 0.1) is 11.6 Å². The molecule has 3 aromatic carbocycles. The summed E-state index contributed by atoms with van der Waals surface area (Å²) in [4.78, 5) is 28.3. The number of carbonyl (C=O) groups is 2. The molecule has 1 aliphatic heterocycles. The Morgan fingerprint density at radius 3 is 2.46 bits per heavy atom. The van der Waals surface area contributed by atoms with E-state index in [1.807, 2.05) is 60.7 Å². The first-order valence-corrected chi connectivity index (χ1v) is 13.9. The number of rotatable bonds is 7. The molecule has 2 aromatic heterocycles. The maximum absolute atomic E-state index is 15.3.